The van der Waals surface area contributed by atoms with Crippen molar-refractivity contribution >= 4 is 11.6 Å². The summed E-state index contributed by atoms with van der Waals surface area (Å²) >= 11 is 0. The topological polar surface area (TPSA) is 90.1 Å². The molecule has 122 valence electrons. The first-order chi connectivity index (χ1) is 10.3. The molecule has 1 fully saturated rings. The van der Waals surface area contributed by atoms with Crippen LogP contribution < -0.4 is 5.32 Å². The number of rotatable bonds is 4. The number of hydrogen-bond donors (Lipinski definition) is 1. The number of nitrogens with one attached hydrogen (secondary N) is 1. The number of hydrogen-bond acceptors (Lipinski definition) is 4. The van der Waals surface area contributed by atoms with Crippen molar-refractivity contribution in [1.82, 2.24) is 15.1 Å². The zero-order chi connectivity index (χ0) is 16.4. The molecule has 7 nitrogen and oxygen atoms in total. The highest BCUT2D eigenvalue weighted by Gasteiger charge is 2.29. The van der Waals surface area contributed by atoms with E-state index in [2.05, 4.69) is 24.3 Å². The second kappa shape index (κ2) is 6.46. The molecular weight excluding hydrogens is 284 g/mol. The van der Waals surface area contributed by atoms with Gasteiger partial charge in [-0.2, -0.15) is 5.10 Å². The van der Waals surface area contributed by atoms with Gasteiger partial charge in [-0.1, -0.05) is 26.7 Å². The third-order valence-electron chi connectivity index (χ3n) is 4.87. The minimum Gasteiger partial charge on any atom is -0.351 e. The van der Waals surface area contributed by atoms with Crippen LogP contribution in [0.5, 0.6) is 0 Å². The first kappa shape index (κ1) is 16.5. The van der Waals surface area contributed by atoms with Crippen LogP contribution in [-0.4, -0.2) is 26.7 Å². The van der Waals surface area contributed by atoms with Gasteiger partial charge in [-0.15, -0.1) is 0 Å². The Morgan fingerprint density at radius 2 is 2.09 bits per heavy atom. The van der Waals surface area contributed by atoms with Gasteiger partial charge >= 0.3 is 5.69 Å². The maximum atomic E-state index is 12.2. The molecule has 2 rings (SSSR count). The van der Waals surface area contributed by atoms with Gasteiger partial charge in [-0.25, -0.2) is 0 Å². The van der Waals surface area contributed by atoms with Crippen molar-refractivity contribution in [2.45, 2.75) is 59.5 Å². The van der Waals surface area contributed by atoms with E-state index < -0.39 is 4.92 Å². The van der Waals surface area contributed by atoms with Crippen LogP contribution in [0, 0.1) is 35.8 Å². The van der Waals surface area contributed by atoms with Crippen molar-refractivity contribution < 1.29 is 9.72 Å². The van der Waals surface area contributed by atoms with E-state index in [1.54, 1.807) is 13.8 Å². The normalized spacial score (nSPS) is 25.0. The van der Waals surface area contributed by atoms with E-state index in [1.165, 1.54) is 11.1 Å². The predicted molar refractivity (Wildman–Crippen MR) is 82.5 cm³/mol. The van der Waals surface area contributed by atoms with Gasteiger partial charge in [0, 0.05) is 6.04 Å². The molecule has 1 amide bonds. The third-order valence-corrected chi connectivity index (χ3v) is 4.87. The first-order valence-corrected chi connectivity index (χ1v) is 7.79. The molecule has 1 heterocycles. The van der Waals surface area contributed by atoms with Crippen LogP contribution in [0.2, 0.25) is 0 Å². The summed E-state index contributed by atoms with van der Waals surface area (Å²) < 4.78 is 1.42. The summed E-state index contributed by atoms with van der Waals surface area (Å²) in [6, 6.07) is 0.184. The fraction of sp³-hybridized carbons (Fsp3) is 0.733. The summed E-state index contributed by atoms with van der Waals surface area (Å²) in [4.78, 5) is 22.8. The number of carbonyl (C=O) groups excluding carboxylic acids is 1. The highest BCUT2D eigenvalue weighted by molar-refractivity contribution is 5.76. The monoisotopic (exact) mass is 308 g/mol. The summed E-state index contributed by atoms with van der Waals surface area (Å²) in [5.74, 6) is 0.924. The third kappa shape index (κ3) is 3.28. The molecule has 0 spiro atoms. The zero-order valence-corrected chi connectivity index (χ0v) is 13.6. The largest absolute Gasteiger partial charge is 0.351 e. The van der Waals surface area contributed by atoms with Gasteiger partial charge in [0.05, 0.1) is 4.92 Å². The van der Waals surface area contributed by atoms with Crippen molar-refractivity contribution in [2.24, 2.45) is 11.8 Å². The van der Waals surface area contributed by atoms with E-state index in [1.807, 2.05) is 0 Å². The van der Waals surface area contributed by atoms with E-state index in [-0.39, 0.29) is 24.2 Å². The molecule has 1 saturated carbocycles. The highest BCUT2D eigenvalue weighted by atomic mass is 16.6. The average molecular weight is 308 g/mol. The van der Waals surface area contributed by atoms with E-state index >= 15 is 0 Å². The van der Waals surface area contributed by atoms with Crippen LogP contribution in [0.4, 0.5) is 5.69 Å². The van der Waals surface area contributed by atoms with Gasteiger partial charge in [0.15, 0.2) is 0 Å². The van der Waals surface area contributed by atoms with Crippen LogP contribution in [-0.2, 0) is 11.3 Å². The lowest BCUT2D eigenvalue weighted by Crippen LogP contribution is -2.45. The van der Waals surface area contributed by atoms with Crippen LogP contribution in [0.25, 0.3) is 0 Å². The summed E-state index contributed by atoms with van der Waals surface area (Å²) in [5, 5.41) is 18.2. The van der Waals surface area contributed by atoms with E-state index in [0.717, 1.165) is 12.8 Å². The molecule has 22 heavy (non-hydrogen) atoms. The van der Waals surface area contributed by atoms with Gasteiger partial charge in [-0.3, -0.25) is 19.6 Å². The summed E-state index contributed by atoms with van der Waals surface area (Å²) in [6.45, 7) is 7.62. The molecule has 0 radical (unpaired) electrons. The fourth-order valence-corrected chi connectivity index (χ4v) is 3.28. The Balaban J connectivity index is 2.03. The molecule has 0 saturated heterocycles. The number of amides is 1. The molecule has 1 aliphatic carbocycles. The van der Waals surface area contributed by atoms with Crippen molar-refractivity contribution in [3.63, 3.8) is 0 Å². The Hall–Kier alpha value is -1.92. The van der Waals surface area contributed by atoms with Crippen molar-refractivity contribution in [3.8, 4) is 0 Å². The molecule has 7 heteroatoms. The van der Waals surface area contributed by atoms with E-state index in [0.29, 0.717) is 23.2 Å². The van der Waals surface area contributed by atoms with Gasteiger partial charge in [-0.05, 0) is 32.1 Å². The summed E-state index contributed by atoms with van der Waals surface area (Å²) in [5.41, 5.74) is 0.755. The van der Waals surface area contributed by atoms with Crippen LogP contribution in [0.15, 0.2) is 0 Å². The van der Waals surface area contributed by atoms with Crippen molar-refractivity contribution in [2.75, 3.05) is 0 Å². The van der Waals surface area contributed by atoms with Crippen LogP contribution in [0.3, 0.4) is 0 Å². The van der Waals surface area contributed by atoms with Gasteiger partial charge < -0.3 is 5.32 Å². The van der Waals surface area contributed by atoms with Crippen molar-refractivity contribution in [1.29, 1.82) is 0 Å². The standard InChI is InChI=1S/C15H24N4O3/c1-9-6-5-7-13(10(9)2)16-14(20)8-18-12(4)15(19(21)22)11(3)17-18/h9-10,13H,5-8H2,1-4H3,(H,16,20)/t9-,10+,13+/m1/s1. The minimum absolute atomic E-state index is 0.00698. The Morgan fingerprint density at radius 3 is 2.68 bits per heavy atom. The van der Waals surface area contributed by atoms with Gasteiger partial charge in [0.1, 0.15) is 17.9 Å². The second-order valence-corrected chi connectivity index (χ2v) is 6.38. The Bertz CT molecular complexity index is 582. The Kier molecular flexibility index (Phi) is 4.83. The maximum absolute atomic E-state index is 12.2. The molecule has 0 unspecified atom stereocenters. The van der Waals surface area contributed by atoms with Gasteiger partial charge in [0.2, 0.25) is 5.91 Å². The fourth-order valence-electron chi connectivity index (χ4n) is 3.28. The molecule has 0 bridgehead atoms. The lowest BCUT2D eigenvalue weighted by molar-refractivity contribution is -0.386. The second-order valence-electron chi connectivity index (χ2n) is 6.38. The number of nitrogens with zero attached hydrogens (tertiary/aromatic N) is 3. The Morgan fingerprint density at radius 1 is 1.41 bits per heavy atom. The average Bonchev–Trinajstić information content (AvgIpc) is 2.69. The zero-order valence-electron chi connectivity index (χ0n) is 13.6. The number of carbonyl (C=O) groups is 1. The molecule has 1 aromatic heterocycles. The molecule has 1 aromatic rings. The SMILES string of the molecule is Cc1nn(CC(=O)N[C@H]2CCC[C@@H](C)[C@@H]2C)c(C)c1[N+](=O)[O-]. The smallest absolute Gasteiger partial charge is 0.312 e. The minimum atomic E-state index is -0.447. The molecule has 0 aromatic carbocycles. The summed E-state index contributed by atoms with van der Waals surface area (Å²) in [7, 11) is 0. The van der Waals surface area contributed by atoms with Gasteiger partial charge in [0.25, 0.3) is 0 Å². The molecule has 1 aliphatic rings. The Labute approximate surface area is 130 Å². The lowest BCUT2D eigenvalue weighted by atomic mass is 9.78. The maximum Gasteiger partial charge on any atom is 0.312 e. The van der Waals surface area contributed by atoms with E-state index in [4.69, 9.17) is 0 Å². The van der Waals surface area contributed by atoms with Crippen LogP contribution in [0.1, 0.15) is 44.5 Å². The summed E-state index contributed by atoms with van der Waals surface area (Å²) in [6.07, 6.45) is 3.33. The molecule has 3 atom stereocenters. The highest BCUT2D eigenvalue weighted by Crippen LogP contribution is 2.29. The molecular formula is C15H24N4O3. The quantitative estimate of drug-likeness (QED) is 0.683. The number of aryl methyl sites for hydroxylation is 1. The molecule has 0 aliphatic heterocycles. The number of nitro groups is 1. The predicted octanol–water partition coefficient (Wildman–Crippen LogP) is 2.35. The molecule has 1 N–H and O–H groups in total. The first-order valence-electron chi connectivity index (χ1n) is 7.79. The van der Waals surface area contributed by atoms with Crippen molar-refractivity contribution in [3.05, 3.63) is 21.5 Å². The number of aromatic nitrogens is 2. The van der Waals surface area contributed by atoms with Crippen LogP contribution >= 0.6 is 0 Å². The van der Waals surface area contributed by atoms with E-state index in [9.17, 15) is 14.9 Å². The lowest BCUT2D eigenvalue weighted by Gasteiger charge is -2.34.